The molecule has 3 aromatic rings. The number of rotatable bonds is 6. The summed E-state index contributed by atoms with van der Waals surface area (Å²) in [6.07, 6.45) is -8.85. The van der Waals surface area contributed by atoms with Crippen LogP contribution in [0.2, 0.25) is 0 Å². The first-order valence-corrected chi connectivity index (χ1v) is 11.7. The van der Waals surface area contributed by atoms with Gasteiger partial charge in [0.25, 0.3) is 0 Å². The zero-order chi connectivity index (χ0) is 27.2. The largest absolute Gasteiger partial charge is 0.508 e. The van der Waals surface area contributed by atoms with Crippen molar-refractivity contribution in [2.45, 2.75) is 30.7 Å². The summed E-state index contributed by atoms with van der Waals surface area (Å²) >= 11 is 0. The van der Waals surface area contributed by atoms with E-state index in [1.807, 2.05) is 0 Å². The first-order valence-electron chi connectivity index (χ1n) is 10.3. The lowest BCUT2D eigenvalue weighted by Gasteiger charge is -2.39. The summed E-state index contributed by atoms with van der Waals surface area (Å²) in [5, 5.41) is 69.3. The molecule has 0 bridgehead atoms. The van der Waals surface area contributed by atoms with Crippen LogP contribution in [0, 0.1) is 0 Å². The van der Waals surface area contributed by atoms with Crippen molar-refractivity contribution in [1.29, 1.82) is 0 Å². The summed E-state index contributed by atoms with van der Waals surface area (Å²) in [5.41, 5.74) is -1.67. The normalized spacial score (nSPS) is 24.2. The third-order valence-corrected chi connectivity index (χ3v) is 5.81. The van der Waals surface area contributed by atoms with Crippen molar-refractivity contribution in [3.63, 3.8) is 0 Å². The maximum atomic E-state index is 13.4. The summed E-state index contributed by atoms with van der Waals surface area (Å²) < 4.78 is 51.9. The predicted molar refractivity (Wildman–Crippen MR) is 119 cm³/mol. The molecule has 2 heterocycles. The zero-order valence-electron chi connectivity index (χ0n) is 18.3. The van der Waals surface area contributed by atoms with Crippen LogP contribution in [0.4, 0.5) is 0 Å². The Hall–Kier alpha value is -3.64. The quantitative estimate of drug-likeness (QED) is 0.172. The van der Waals surface area contributed by atoms with Gasteiger partial charge in [-0.25, -0.2) is 0 Å². The molecule has 16 heteroatoms. The molecule has 0 saturated carbocycles. The van der Waals surface area contributed by atoms with Gasteiger partial charge in [0.2, 0.25) is 17.5 Å². The van der Waals surface area contributed by atoms with Crippen molar-refractivity contribution in [2.24, 2.45) is 0 Å². The van der Waals surface area contributed by atoms with E-state index in [0.29, 0.717) is 0 Å². The van der Waals surface area contributed by atoms with Crippen LogP contribution >= 0.6 is 0 Å². The van der Waals surface area contributed by atoms with Gasteiger partial charge in [-0.15, -0.1) is 0 Å². The van der Waals surface area contributed by atoms with Gasteiger partial charge in [0.05, 0.1) is 6.61 Å². The lowest BCUT2D eigenvalue weighted by Crippen LogP contribution is -2.60. The van der Waals surface area contributed by atoms with Gasteiger partial charge in [-0.2, -0.15) is 8.42 Å². The average Bonchev–Trinajstić information content (AvgIpc) is 2.80. The SMILES string of the molecule is O=c1c(OC2OC(CO)C(O)C(O)C2O)c(-c2ccc(O)c(OS(=O)(=O)O)c2)oc2cc(O)cc(O)c12. The first-order chi connectivity index (χ1) is 17.3. The molecule has 37 heavy (non-hydrogen) atoms. The van der Waals surface area contributed by atoms with E-state index in [2.05, 4.69) is 4.18 Å². The van der Waals surface area contributed by atoms with Gasteiger partial charge in [0.15, 0.2) is 17.3 Å². The summed E-state index contributed by atoms with van der Waals surface area (Å²) in [4.78, 5) is 13.4. The molecule has 1 fully saturated rings. The van der Waals surface area contributed by atoms with Gasteiger partial charge in [0.1, 0.15) is 46.9 Å². The monoisotopic (exact) mass is 544 g/mol. The Morgan fingerprint density at radius 2 is 1.65 bits per heavy atom. The van der Waals surface area contributed by atoms with Crippen LogP contribution in [0.3, 0.4) is 0 Å². The van der Waals surface area contributed by atoms with E-state index in [-0.39, 0.29) is 11.1 Å². The highest BCUT2D eigenvalue weighted by Gasteiger charge is 2.45. The van der Waals surface area contributed by atoms with Crippen molar-refractivity contribution >= 4 is 21.4 Å². The highest BCUT2D eigenvalue weighted by atomic mass is 32.3. The summed E-state index contributed by atoms with van der Waals surface area (Å²) in [7, 11) is -5.09. The number of phenols is 3. The molecule has 4 rings (SSSR count). The van der Waals surface area contributed by atoms with E-state index in [1.165, 1.54) is 0 Å². The van der Waals surface area contributed by atoms with Gasteiger partial charge >= 0.3 is 10.4 Å². The van der Waals surface area contributed by atoms with Crippen molar-refractivity contribution < 1.29 is 66.8 Å². The minimum absolute atomic E-state index is 0.210. The number of aliphatic hydroxyl groups excluding tert-OH is 4. The molecule has 200 valence electrons. The van der Waals surface area contributed by atoms with E-state index >= 15 is 0 Å². The molecule has 0 amide bonds. The number of aromatic hydroxyl groups is 3. The topological polar surface area (TPSA) is 254 Å². The Morgan fingerprint density at radius 3 is 2.30 bits per heavy atom. The number of hydrogen-bond donors (Lipinski definition) is 8. The van der Waals surface area contributed by atoms with Crippen LogP contribution in [0.5, 0.6) is 28.7 Å². The van der Waals surface area contributed by atoms with Crippen LogP contribution in [0.15, 0.2) is 39.5 Å². The standard InChI is InChI=1S/C21H20O15S/c22-6-13-15(26)17(28)18(29)21(34-13)35-20-16(27)14-10(25)4-8(23)5-12(14)33-19(20)7-1-2-9(24)11(3-7)36-37(30,31)32/h1-5,13,15,17-18,21-26,28-29H,6H2,(H,30,31,32). The highest BCUT2D eigenvalue weighted by Crippen LogP contribution is 2.40. The van der Waals surface area contributed by atoms with Crippen LogP contribution < -0.4 is 14.3 Å². The number of fused-ring (bicyclic) bond motifs is 1. The van der Waals surface area contributed by atoms with Crippen molar-refractivity contribution in [3.8, 4) is 40.1 Å². The smallest absolute Gasteiger partial charge is 0.446 e. The molecule has 0 spiro atoms. The van der Waals surface area contributed by atoms with Crippen LogP contribution in [-0.4, -0.2) is 86.0 Å². The van der Waals surface area contributed by atoms with Crippen LogP contribution in [0.25, 0.3) is 22.3 Å². The average molecular weight is 544 g/mol. The number of phenolic OH excluding ortho intramolecular Hbond substituents is 3. The summed E-state index contributed by atoms with van der Waals surface area (Å²) in [5.74, 6) is -4.06. The third-order valence-electron chi connectivity index (χ3n) is 5.42. The maximum absolute atomic E-state index is 13.4. The fraction of sp³-hybridized carbons (Fsp3) is 0.286. The molecule has 8 N–H and O–H groups in total. The van der Waals surface area contributed by atoms with E-state index in [9.17, 15) is 49.0 Å². The zero-order valence-corrected chi connectivity index (χ0v) is 19.1. The predicted octanol–water partition coefficient (Wildman–Crippen LogP) is -1.06. The van der Waals surface area contributed by atoms with Gasteiger partial charge in [-0.05, 0) is 18.2 Å². The minimum Gasteiger partial charge on any atom is -0.508 e. The number of benzene rings is 2. The van der Waals surface area contributed by atoms with Crippen molar-refractivity contribution in [3.05, 3.63) is 40.6 Å². The van der Waals surface area contributed by atoms with Gasteiger partial charge in [0, 0.05) is 17.7 Å². The second-order valence-corrected chi connectivity index (χ2v) is 8.96. The Balaban J connectivity index is 1.92. The molecule has 1 aliphatic rings. The fourth-order valence-corrected chi connectivity index (χ4v) is 4.04. The number of ether oxygens (including phenoxy) is 2. The highest BCUT2D eigenvalue weighted by molar-refractivity contribution is 7.81. The second kappa shape index (κ2) is 9.67. The molecular formula is C21H20O15S. The fourth-order valence-electron chi connectivity index (χ4n) is 3.68. The second-order valence-electron chi connectivity index (χ2n) is 7.94. The van der Waals surface area contributed by atoms with E-state index in [1.54, 1.807) is 0 Å². The van der Waals surface area contributed by atoms with Gasteiger partial charge in [-0.3, -0.25) is 9.35 Å². The van der Waals surface area contributed by atoms with Crippen molar-refractivity contribution in [2.75, 3.05) is 6.61 Å². The van der Waals surface area contributed by atoms with Gasteiger partial charge < -0.3 is 53.8 Å². The number of hydrogen-bond acceptors (Lipinski definition) is 14. The lowest BCUT2D eigenvalue weighted by atomic mass is 9.99. The lowest BCUT2D eigenvalue weighted by molar-refractivity contribution is -0.277. The molecule has 5 unspecified atom stereocenters. The van der Waals surface area contributed by atoms with Crippen molar-refractivity contribution in [1.82, 2.24) is 0 Å². The van der Waals surface area contributed by atoms with E-state index in [0.717, 1.165) is 30.3 Å². The first kappa shape index (κ1) is 26.4. The molecule has 2 aromatic carbocycles. The van der Waals surface area contributed by atoms with Gasteiger partial charge in [-0.1, -0.05) is 0 Å². The molecule has 1 aromatic heterocycles. The molecule has 0 aliphatic carbocycles. The maximum Gasteiger partial charge on any atom is 0.446 e. The minimum atomic E-state index is -5.09. The number of aliphatic hydroxyl groups is 4. The third kappa shape index (κ3) is 5.12. The Labute approximate surface area is 206 Å². The molecule has 0 radical (unpaired) electrons. The Kier molecular flexibility index (Phi) is 6.91. The Bertz CT molecular complexity index is 1500. The molecular weight excluding hydrogens is 524 g/mol. The van der Waals surface area contributed by atoms with E-state index < -0.39 is 93.0 Å². The molecule has 1 aliphatic heterocycles. The Morgan fingerprint density at radius 1 is 0.946 bits per heavy atom. The van der Waals surface area contributed by atoms with Crippen LogP contribution in [0.1, 0.15) is 0 Å². The van der Waals surface area contributed by atoms with Crippen LogP contribution in [-0.2, 0) is 15.1 Å². The summed E-state index contributed by atoms with van der Waals surface area (Å²) in [6, 6.07) is 4.65. The molecule has 5 atom stereocenters. The summed E-state index contributed by atoms with van der Waals surface area (Å²) in [6.45, 7) is -0.807. The molecule has 1 saturated heterocycles. The molecule has 15 nitrogen and oxygen atoms in total. The van der Waals surface area contributed by atoms with E-state index in [4.69, 9.17) is 18.4 Å².